The molecule has 2 aromatic carbocycles. The molecule has 0 aromatic heterocycles. The van der Waals surface area contributed by atoms with Gasteiger partial charge in [0.1, 0.15) is 0 Å². The van der Waals surface area contributed by atoms with E-state index in [0.717, 1.165) is 11.1 Å². The van der Waals surface area contributed by atoms with Crippen LogP contribution in [0.2, 0.25) is 0 Å². The first kappa shape index (κ1) is 17.2. The largest absolute Gasteiger partial charge is 0.455 e. The summed E-state index contributed by atoms with van der Waals surface area (Å²) in [6.45, 7) is 1.59. The lowest BCUT2D eigenvalue weighted by Gasteiger charge is -2.07. The van der Waals surface area contributed by atoms with Crippen LogP contribution in [0.15, 0.2) is 48.5 Å². The first-order valence-corrected chi connectivity index (χ1v) is 7.35. The average Bonchev–Trinajstić information content (AvgIpc) is 2.55. The van der Waals surface area contributed by atoms with E-state index in [0.29, 0.717) is 11.3 Å². The number of benzene rings is 2. The van der Waals surface area contributed by atoms with Crippen molar-refractivity contribution in [3.8, 4) is 0 Å². The normalized spacial score (nSPS) is 10.0. The highest BCUT2D eigenvalue weighted by molar-refractivity contribution is 5.95. The third-order valence-corrected chi connectivity index (χ3v) is 3.29. The molecule has 0 heterocycles. The van der Waals surface area contributed by atoms with E-state index in [1.807, 2.05) is 31.2 Å². The van der Waals surface area contributed by atoms with Crippen LogP contribution in [0, 0.1) is 6.92 Å². The van der Waals surface area contributed by atoms with Crippen molar-refractivity contribution in [1.29, 1.82) is 0 Å². The summed E-state index contributed by atoms with van der Waals surface area (Å²) in [6, 6.07) is 13.6. The fourth-order valence-corrected chi connectivity index (χ4v) is 1.98. The number of amides is 2. The zero-order chi connectivity index (χ0) is 17.5. The Bertz CT molecular complexity index is 737. The van der Waals surface area contributed by atoms with E-state index in [1.165, 1.54) is 12.1 Å². The van der Waals surface area contributed by atoms with Gasteiger partial charge < -0.3 is 15.8 Å². The molecule has 124 valence electrons. The fraction of sp³-hybridized carbons (Fsp3) is 0.167. The summed E-state index contributed by atoms with van der Waals surface area (Å²) in [4.78, 5) is 34.4. The number of esters is 1. The molecular weight excluding hydrogens is 308 g/mol. The Balaban J connectivity index is 1.78. The monoisotopic (exact) mass is 326 g/mol. The highest BCUT2D eigenvalue weighted by atomic mass is 16.5. The van der Waals surface area contributed by atoms with Gasteiger partial charge in [-0.05, 0) is 36.8 Å². The Morgan fingerprint density at radius 1 is 1.00 bits per heavy atom. The third kappa shape index (κ3) is 5.24. The lowest BCUT2D eigenvalue weighted by atomic mass is 10.1. The number of hydrogen-bond acceptors (Lipinski definition) is 4. The molecule has 3 N–H and O–H groups in total. The summed E-state index contributed by atoms with van der Waals surface area (Å²) in [6.07, 6.45) is 0.112. The highest BCUT2D eigenvalue weighted by Crippen LogP contribution is 2.09. The van der Waals surface area contributed by atoms with E-state index in [1.54, 1.807) is 12.1 Å². The summed E-state index contributed by atoms with van der Waals surface area (Å²) in [5.41, 5.74) is 7.90. The Morgan fingerprint density at radius 3 is 2.21 bits per heavy atom. The van der Waals surface area contributed by atoms with Crippen LogP contribution < -0.4 is 11.1 Å². The molecule has 0 aliphatic heterocycles. The van der Waals surface area contributed by atoms with Crippen LogP contribution in [0.4, 0.5) is 5.69 Å². The van der Waals surface area contributed by atoms with Crippen molar-refractivity contribution in [3.63, 3.8) is 0 Å². The first-order valence-electron chi connectivity index (χ1n) is 7.35. The van der Waals surface area contributed by atoms with Crippen molar-refractivity contribution in [2.75, 3.05) is 11.9 Å². The van der Waals surface area contributed by atoms with Gasteiger partial charge in [-0.15, -0.1) is 0 Å². The van der Waals surface area contributed by atoms with Crippen LogP contribution in [0.3, 0.4) is 0 Å². The molecule has 0 atom stereocenters. The number of nitrogens with one attached hydrogen (secondary N) is 1. The van der Waals surface area contributed by atoms with E-state index in [-0.39, 0.29) is 13.0 Å². The summed E-state index contributed by atoms with van der Waals surface area (Å²) in [5, 5.41) is 2.57. The first-order chi connectivity index (χ1) is 11.4. The topological polar surface area (TPSA) is 98.5 Å². The lowest BCUT2D eigenvalue weighted by Crippen LogP contribution is -2.21. The van der Waals surface area contributed by atoms with E-state index in [9.17, 15) is 14.4 Å². The smallest absolute Gasteiger partial charge is 0.310 e. The van der Waals surface area contributed by atoms with Crippen molar-refractivity contribution in [2.24, 2.45) is 5.73 Å². The van der Waals surface area contributed by atoms with Crippen molar-refractivity contribution in [3.05, 3.63) is 65.2 Å². The second-order valence-corrected chi connectivity index (χ2v) is 5.31. The minimum absolute atomic E-state index is 0.112. The predicted octanol–water partition coefficient (Wildman–Crippen LogP) is 1.82. The van der Waals surface area contributed by atoms with E-state index in [2.05, 4.69) is 5.32 Å². The van der Waals surface area contributed by atoms with Gasteiger partial charge >= 0.3 is 5.97 Å². The number of anilines is 1. The molecule has 0 radical (unpaired) electrons. The fourth-order valence-electron chi connectivity index (χ4n) is 1.98. The molecule has 6 heteroatoms. The standard InChI is InChI=1S/C18H18N2O4/c1-12-2-4-13(5-3-12)10-17(22)24-11-16(21)20-15-8-6-14(7-9-15)18(19)23/h2-9H,10-11H2,1H3,(H2,19,23)(H,20,21). The zero-order valence-corrected chi connectivity index (χ0v) is 13.2. The summed E-state index contributed by atoms with van der Waals surface area (Å²) >= 11 is 0. The van der Waals surface area contributed by atoms with Gasteiger partial charge in [-0.25, -0.2) is 0 Å². The lowest BCUT2D eigenvalue weighted by molar-refractivity contribution is -0.146. The van der Waals surface area contributed by atoms with Gasteiger partial charge in [0.15, 0.2) is 6.61 Å². The van der Waals surface area contributed by atoms with E-state index < -0.39 is 17.8 Å². The second kappa shape index (κ2) is 7.92. The average molecular weight is 326 g/mol. The van der Waals surface area contributed by atoms with Gasteiger partial charge in [0, 0.05) is 11.3 Å². The maximum atomic E-state index is 11.8. The summed E-state index contributed by atoms with van der Waals surface area (Å²) in [7, 11) is 0. The van der Waals surface area contributed by atoms with Crippen molar-refractivity contribution in [1.82, 2.24) is 0 Å². The number of nitrogens with two attached hydrogens (primary N) is 1. The Labute approximate surface area is 139 Å². The molecule has 0 bridgehead atoms. The highest BCUT2D eigenvalue weighted by Gasteiger charge is 2.09. The van der Waals surface area contributed by atoms with Gasteiger partial charge in [0.2, 0.25) is 5.91 Å². The maximum absolute atomic E-state index is 11.8. The molecule has 2 aromatic rings. The Morgan fingerprint density at radius 2 is 1.62 bits per heavy atom. The number of ether oxygens (including phenoxy) is 1. The van der Waals surface area contributed by atoms with Gasteiger partial charge in [-0.1, -0.05) is 29.8 Å². The Kier molecular flexibility index (Phi) is 5.68. The molecule has 0 spiro atoms. The molecule has 2 rings (SSSR count). The van der Waals surface area contributed by atoms with Crippen LogP contribution in [0.5, 0.6) is 0 Å². The Hall–Kier alpha value is -3.15. The SMILES string of the molecule is Cc1ccc(CC(=O)OCC(=O)Nc2ccc(C(N)=O)cc2)cc1. The van der Waals surface area contributed by atoms with E-state index >= 15 is 0 Å². The second-order valence-electron chi connectivity index (χ2n) is 5.31. The number of hydrogen-bond donors (Lipinski definition) is 2. The molecule has 0 unspecified atom stereocenters. The molecule has 2 amide bonds. The van der Waals surface area contributed by atoms with Crippen molar-refractivity contribution >= 4 is 23.5 Å². The number of primary amides is 1. The van der Waals surface area contributed by atoms with Crippen molar-refractivity contribution < 1.29 is 19.1 Å². The number of carbonyl (C=O) groups excluding carboxylic acids is 3. The van der Waals surface area contributed by atoms with Crippen LogP contribution in [-0.4, -0.2) is 24.4 Å². The molecular formula is C18H18N2O4. The van der Waals surface area contributed by atoms with Crippen LogP contribution in [0.25, 0.3) is 0 Å². The molecule has 24 heavy (non-hydrogen) atoms. The minimum Gasteiger partial charge on any atom is -0.455 e. The third-order valence-electron chi connectivity index (χ3n) is 3.29. The number of carbonyl (C=O) groups is 3. The molecule has 6 nitrogen and oxygen atoms in total. The zero-order valence-electron chi connectivity index (χ0n) is 13.2. The predicted molar refractivity (Wildman–Crippen MR) is 89.4 cm³/mol. The van der Waals surface area contributed by atoms with Crippen LogP contribution in [-0.2, 0) is 20.7 Å². The number of aryl methyl sites for hydroxylation is 1. The van der Waals surface area contributed by atoms with Gasteiger partial charge in [0.05, 0.1) is 6.42 Å². The molecule has 0 fully saturated rings. The summed E-state index contributed by atoms with van der Waals surface area (Å²) < 4.78 is 4.95. The van der Waals surface area contributed by atoms with Gasteiger partial charge in [-0.3, -0.25) is 14.4 Å². The molecule has 0 aliphatic rings. The minimum atomic E-state index is -0.544. The van der Waals surface area contributed by atoms with E-state index in [4.69, 9.17) is 10.5 Å². The van der Waals surface area contributed by atoms with Crippen LogP contribution in [0.1, 0.15) is 21.5 Å². The molecule has 0 saturated heterocycles. The van der Waals surface area contributed by atoms with Crippen LogP contribution >= 0.6 is 0 Å². The maximum Gasteiger partial charge on any atom is 0.310 e. The van der Waals surface area contributed by atoms with Gasteiger partial charge in [0.25, 0.3) is 5.91 Å². The number of rotatable bonds is 6. The van der Waals surface area contributed by atoms with Gasteiger partial charge in [-0.2, -0.15) is 0 Å². The quantitative estimate of drug-likeness (QED) is 0.791. The summed E-state index contributed by atoms with van der Waals surface area (Å²) in [5.74, 6) is -1.48. The molecule has 0 saturated carbocycles. The van der Waals surface area contributed by atoms with Crippen molar-refractivity contribution in [2.45, 2.75) is 13.3 Å². The molecule has 0 aliphatic carbocycles.